The fourth-order valence-electron chi connectivity index (χ4n) is 2.39. The van der Waals surface area contributed by atoms with Crippen molar-refractivity contribution in [2.24, 2.45) is 0 Å². The van der Waals surface area contributed by atoms with E-state index in [-0.39, 0.29) is 11.7 Å². The summed E-state index contributed by atoms with van der Waals surface area (Å²) in [6.07, 6.45) is 1.40. The maximum atomic E-state index is 12.3. The van der Waals surface area contributed by atoms with Crippen LogP contribution < -0.4 is 10.0 Å². The maximum absolute atomic E-state index is 12.3. The van der Waals surface area contributed by atoms with Crippen LogP contribution in [0.5, 0.6) is 0 Å². The molecule has 1 N–H and O–H groups in total. The van der Waals surface area contributed by atoms with E-state index in [2.05, 4.69) is 20.4 Å². The summed E-state index contributed by atoms with van der Waals surface area (Å²) in [6.45, 7) is 5.58. The third-order valence-electron chi connectivity index (χ3n) is 3.40. The normalized spacial score (nSPS) is 10.7. The van der Waals surface area contributed by atoms with Crippen molar-refractivity contribution in [1.29, 1.82) is 0 Å². The lowest BCUT2D eigenvalue weighted by Crippen LogP contribution is -2.28. The van der Waals surface area contributed by atoms with Crippen LogP contribution in [-0.2, 0) is 4.79 Å². The molecule has 3 aromatic heterocycles. The second-order valence-corrected chi connectivity index (χ2v) is 6.73. The van der Waals surface area contributed by atoms with Gasteiger partial charge in [-0.15, -0.1) is 0 Å². The van der Waals surface area contributed by atoms with Gasteiger partial charge < -0.3 is 10.5 Å². The van der Waals surface area contributed by atoms with Gasteiger partial charge in [0.2, 0.25) is 5.91 Å². The van der Waals surface area contributed by atoms with Crippen molar-refractivity contribution < 1.29 is 9.52 Å². The smallest absolute Gasteiger partial charge is 0.252 e. The van der Waals surface area contributed by atoms with E-state index in [4.69, 9.17) is 0 Å². The first kappa shape index (κ1) is 17.9. The zero-order valence-corrected chi connectivity index (χ0v) is 15.4. The van der Waals surface area contributed by atoms with Gasteiger partial charge in [-0.05, 0) is 44.7 Å². The average molecular weight is 370 g/mol. The minimum Gasteiger partial charge on any atom is -0.618 e. The molecule has 0 atom stereocenters. The van der Waals surface area contributed by atoms with E-state index in [1.54, 1.807) is 24.3 Å². The summed E-state index contributed by atoms with van der Waals surface area (Å²) < 4.78 is 2.24. The van der Waals surface area contributed by atoms with Gasteiger partial charge in [-0.1, -0.05) is 0 Å². The Bertz CT molecular complexity index is 936. The summed E-state index contributed by atoms with van der Waals surface area (Å²) in [5.74, 6) is 0.744. The molecule has 1 amide bonds. The van der Waals surface area contributed by atoms with E-state index in [1.807, 2.05) is 26.8 Å². The highest BCUT2D eigenvalue weighted by Gasteiger charge is 2.15. The molecule has 0 unspecified atom stereocenters. The molecule has 0 saturated heterocycles. The quantitative estimate of drug-likeness (QED) is 0.419. The zero-order valence-electron chi connectivity index (χ0n) is 14.6. The summed E-state index contributed by atoms with van der Waals surface area (Å²) in [5.41, 5.74) is 2.37. The number of pyridine rings is 1. The van der Waals surface area contributed by atoms with Crippen molar-refractivity contribution in [1.82, 2.24) is 19.7 Å². The number of thioether (sulfide) groups is 1. The molecule has 0 aliphatic carbocycles. The first-order valence-electron chi connectivity index (χ1n) is 7.92. The zero-order chi connectivity index (χ0) is 18.7. The van der Waals surface area contributed by atoms with E-state index >= 15 is 0 Å². The number of carbonyl (C=O) groups excluding carboxylic acids is 1. The SMILES string of the molecule is Cc1cc(C)nc(-n2nc(C)cc2NC(=O)CSc2cccc[n+]2[O-])n1. The average Bonchev–Trinajstić information content (AvgIpc) is 2.93. The molecule has 134 valence electrons. The molecule has 0 aliphatic rings. The van der Waals surface area contributed by atoms with Gasteiger partial charge >= 0.3 is 0 Å². The van der Waals surface area contributed by atoms with Gasteiger partial charge in [0.15, 0.2) is 6.20 Å². The lowest BCUT2D eigenvalue weighted by molar-refractivity contribution is -0.645. The van der Waals surface area contributed by atoms with Gasteiger partial charge in [0.05, 0.1) is 11.4 Å². The first-order valence-corrected chi connectivity index (χ1v) is 8.91. The molecular weight excluding hydrogens is 352 g/mol. The third-order valence-corrected chi connectivity index (χ3v) is 4.42. The van der Waals surface area contributed by atoms with Crippen LogP contribution in [0.15, 0.2) is 41.6 Å². The number of aryl methyl sites for hydroxylation is 3. The molecule has 0 saturated carbocycles. The molecule has 3 heterocycles. The van der Waals surface area contributed by atoms with Crippen molar-refractivity contribution >= 4 is 23.5 Å². The summed E-state index contributed by atoms with van der Waals surface area (Å²) in [4.78, 5) is 21.1. The van der Waals surface area contributed by atoms with Crippen LogP contribution >= 0.6 is 11.8 Å². The Hall–Kier alpha value is -2.94. The molecule has 0 fully saturated rings. The fraction of sp³-hybridized carbons (Fsp3) is 0.235. The predicted molar refractivity (Wildman–Crippen MR) is 98.1 cm³/mol. The molecule has 3 rings (SSSR count). The molecule has 8 nitrogen and oxygen atoms in total. The number of anilines is 1. The van der Waals surface area contributed by atoms with Gasteiger partial charge in [0, 0.05) is 29.6 Å². The number of aromatic nitrogens is 5. The number of hydrogen-bond acceptors (Lipinski definition) is 6. The Labute approximate surface area is 154 Å². The van der Waals surface area contributed by atoms with Crippen molar-refractivity contribution in [2.45, 2.75) is 25.8 Å². The number of rotatable bonds is 5. The summed E-state index contributed by atoms with van der Waals surface area (Å²) >= 11 is 1.17. The molecule has 3 aromatic rings. The molecule has 26 heavy (non-hydrogen) atoms. The monoisotopic (exact) mass is 370 g/mol. The Morgan fingerprint density at radius 2 is 1.92 bits per heavy atom. The molecule has 0 bridgehead atoms. The van der Waals surface area contributed by atoms with Gasteiger partial charge in [0.1, 0.15) is 5.82 Å². The van der Waals surface area contributed by atoms with Gasteiger partial charge in [-0.2, -0.15) is 14.5 Å². The first-order chi connectivity index (χ1) is 12.4. The molecule has 0 spiro atoms. The molecule has 9 heteroatoms. The van der Waals surface area contributed by atoms with E-state index < -0.39 is 0 Å². The van der Waals surface area contributed by atoms with E-state index in [1.165, 1.54) is 22.6 Å². The minimum absolute atomic E-state index is 0.101. The lowest BCUT2D eigenvalue weighted by Gasteiger charge is -2.08. The van der Waals surface area contributed by atoms with Crippen LogP contribution in [0.2, 0.25) is 0 Å². The van der Waals surface area contributed by atoms with Crippen molar-refractivity contribution in [3.63, 3.8) is 0 Å². The third kappa shape index (κ3) is 4.17. The number of hydrogen-bond donors (Lipinski definition) is 1. The van der Waals surface area contributed by atoms with Crippen LogP contribution in [0.3, 0.4) is 0 Å². The topological polar surface area (TPSA) is 99.6 Å². The minimum atomic E-state index is -0.246. The second kappa shape index (κ2) is 7.52. The number of amides is 1. The van der Waals surface area contributed by atoms with E-state index in [0.29, 0.717) is 16.8 Å². The highest BCUT2D eigenvalue weighted by molar-refractivity contribution is 7.99. The summed E-state index contributed by atoms with van der Waals surface area (Å²) in [5, 5.41) is 19.3. The van der Waals surface area contributed by atoms with Gasteiger partial charge in [-0.25, -0.2) is 9.97 Å². The highest BCUT2D eigenvalue weighted by atomic mass is 32.2. The van der Waals surface area contributed by atoms with Gasteiger partial charge in [0.25, 0.3) is 11.0 Å². The Morgan fingerprint density at radius 1 is 1.19 bits per heavy atom. The van der Waals surface area contributed by atoms with Crippen molar-refractivity contribution in [2.75, 3.05) is 11.1 Å². The summed E-state index contributed by atoms with van der Waals surface area (Å²) in [6, 6.07) is 8.68. The Balaban J connectivity index is 1.76. The fourth-order valence-corrected chi connectivity index (χ4v) is 3.10. The highest BCUT2D eigenvalue weighted by Crippen LogP contribution is 2.17. The second-order valence-electron chi connectivity index (χ2n) is 5.73. The maximum Gasteiger partial charge on any atom is 0.252 e. The van der Waals surface area contributed by atoms with Crippen LogP contribution in [0, 0.1) is 26.0 Å². The van der Waals surface area contributed by atoms with Crippen LogP contribution in [0.25, 0.3) is 5.95 Å². The van der Waals surface area contributed by atoms with Gasteiger partial charge in [-0.3, -0.25) is 4.79 Å². The standard InChI is InChI=1S/C17H18N6O2S/c1-11-8-12(2)19-17(18-11)23-14(9-13(3)21-23)20-15(24)10-26-16-6-4-5-7-22(16)25/h4-9H,10H2,1-3H3,(H,20,24). The molecule has 0 aromatic carbocycles. The summed E-state index contributed by atoms with van der Waals surface area (Å²) in [7, 11) is 0. The van der Waals surface area contributed by atoms with Crippen LogP contribution in [-0.4, -0.2) is 31.4 Å². The molecular formula is C17H18N6O2S. The lowest BCUT2D eigenvalue weighted by atomic mass is 10.4. The molecule has 0 radical (unpaired) electrons. The van der Waals surface area contributed by atoms with Crippen LogP contribution in [0.1, 0.15) is 17.1 Å². The molecule has 0 aliphatic heterocycles. The van der Waals surface area contributed by atoms with Crippen molar-refractivity contribution in [3.8, 4) is 5.95 Å². The van der Waals surface area contributed by atoms with Crippen molar-refractivity contribution in [3.05, 3.63) is 58.8 Å². The largest absolute Gasteiger partial charge is 0.618 e. The number of nitrogens with one attached hydrogen (secondary N) is 1. The number of carbonyl (C=O) groups is 1. The van der Waals surface area contributed by atoms with Crippen LogP contribution in [0.4, 0.5) is 5.82 Å². The predicted octanol–water partition coefficient (Wildman–Crippen LogP) is 1.95. The Kier molecular flexibility index (Phi) is 5.17. The van der Waals surface area contributed by atoms with E-state index in [0.717, 1.165) is 21.8 Å². The van der Waals surface area contributed by atoms with E-state index in [9.17, 15) is 10.0 Å². The Morgan fingerprint density at radius 3 is 2.62 bits per heavy atom. The number of nitrogens with zero attached hydrogens (tertiary/aromatic N) is 5.